The Labute approximate surface area is 93.1 Å². The van der Waals surface area contributed by atoms with E-state index >= 15 is 0 Å². The Balaban J connectivity index is 2.48. The lowest BCUT2D eigenvalue weighted by atomic mass is 9.96. The molecule has 1 aromatic heterocycles. The fourth-order valence-electron chi connectivity index (χ4n) is 1.33. The van der Waals surface area contributed by atoms with Crippen LogP contribution in [0, 0.1) is 0 Å². The van der Waals surface area contributed by atoms with Crippen LogP contribution in [0.4, 0.5) is 0 Å². The van der Waals surface area contributed by atoms with Crippen molar-refractivity contribution in [3.05, 3.63) is 5.82 Å². The molecule has 82 valence electrons. The molecule has 1 aliphatic heterocycles. The molecule has 0 aromatic carbocycles. The van der Waals surface area contributed by atoms with E-state index in [1.807, 2.05) is 4.68 Å². The van der Waals surface area contributed by atoms with Crippen molar-refractivity contribution in [2.24, 2.45) is 10.8 Å². The lowest BCUT2D eigenvalue weighted by molar-refractivity contribution is 0.508. The number of thioether (sulfide) groups is 1. The fraction of sp³-hybridized carbons (Fsp3) is 0.667. The molecule has 1 aromatic rings. The lowest BCUT2D eigenvalue weighted by Gasteiger charge is -2.19. The zero-order valence-corrected chi connectivity index (χ0v) is 10.0. The van der Waals surface area contributed by atoms with E-state index < -0.39 is 0 Å². The molecule has 1 aliphatic rings. The van der Waals surface area contributed by atoms with Gasteiger partial charge in [0.15, 0.2) is 5.82 Å². The van der Waals surface area contributed by atoms with Crippen molar-refractivity contribution in [3.8, 4) is 0 Å². The third-order valence-electron chi connectivity index (χ3n) is 2.13. The van der Waals surface area contributed by atoms with Gasteiger partial charge in [-0.2, -0.15) is 9.78 Å². The van der Waals surface area contributed by atoms with Crippen LogP contribution in [0.15, 0.2) is 10.3 Å². The summed E-state index contributed by atoms with van der Waals surface area (Å²) in [7, 11) is 0. The maximum absolute atomic E-state index is 5.59. The van der Waals surface area contributed by atoms with Crippen LogP contribution in [0.5, 0.6) is 0 Å². The van der Waals surface area contributed by atoms with Gasteiger partial charge in [0.25, 0.3) is 0 Å². The number of nitrogens with two attached hydrogens (primary N) is 1. The van der Waals surface area contributed by atoms with Gasteiger partial charge in [0.05, 0.1) is 5.71 Å². The van der Waals surface area contributed by atoms with Crippen LogP contribution < -0.4 is 5.73 Å². The molecule has 0 atom stereocenters. The van der Waals surface area contributed by atoms with E-state index in [9.17, 15) is 0 Å². The van der Waals surface area contributed by atoms with Crippen LogP contribution in [-0.2, 0) is 5.41 Å². The number of hydrogen-bond acceptors (Lipinski definition) is 5. The SMILES string of the molecule is CC(C)(C)c1nnc2n1N=C(CN)CS2. The van der Waals surface area contributed by atoms with Crippen LogP contribution in [0.1, 0.15) is 26.6 Å². The summed E-state index contributed by atoms with van der Waals surface area (Å²) in [5.74, 6) is 1.70. The largest absolute Gasteiger partial charge is 0.325 e. The van der Waals surface area contributed by atoms with Crippen LogP contribution in [0.2, 0.25) is 0 Å². The molecule has 2 heterocycles. The zero-order chi connectivity index (χ0) is 11.1. The molecule has 15 heavy (non-hydrogen) atoms. The summed E-state index contributed by atoms with van der Waals surface area (Å²) < 4.78 is 1.82. The zero-order valence-electron chi connectivity index (χ0n) is 9.19. The van der Waals surface area contributed by atoms with Gasteiger partial charge < -0.3 is 5.73 Å². The summed E-state index contributed by atoms with van der Waals surface area (Å²) in [6.07, 6.45) is 0. The van der Waals surface area contributed by atoms with E-state index in [0.717, 1.165) is 22.4 Å². The van der Waals surface area contributed by atoms with Gasteiger partial charge in [0.2, 0.25) is 5.16 Å². The number of aromatic nitrogens is 3. The quantitative estimate of drug-likeness (QED) is 0.769. The van der Waals surface area contributed by atoms with Crippen LogP contribution in [0.25, 0.3) is 0 Å². The minimum atomic E-state index is -0.0492. The van der Waals surface area contributed by atoms with Gasteiger partial charge in [0.1, 0.15) is 0 Å². The van der Waals surface area contributed by atoms with Gasteiger partial charge in [-0.25, -0.2) is 0 Å². The molecular formula is C9H15N5S. The Morgan fingerprint density at radius 3 is 2.73 bits per heavy atom. The van der Waals surface area contributed by atoms with Gasteiger partial charge >= 0.3 is 0 Å². The van der Waals surface area contributed by atoms with E-state index in [-0.39, 0.29) is 5.41 Å². The molecule has 0 amide bonds. The minimum absolute atomic E-state index is 0.0492. The van der Waals surface area contributed by atoms with E-state index in [4.69, 9.17) is 5.73 Å². The molecule has 2 N–H and O–H groups in total. The van der Waals surface area contributed by atoms with Crippen LogP contribution >= 0.6 is 11.8 Å². The molecule has 0 saturated heterocycles. The maximum atomic E-state index is 5.59. The third kappa shape index (κ3) is 1.91. The summed E-state index contributed by atoms with van der Waals surface area (Å²) in [5.41, 5.74) is 6.52. The fourth-order valence-corrected chi connectivity index (χ4v) is 2.15. The predicted octanol–water partition coefficient (Wildman–Crippen LogP) is 0.844. The molecule has 0 aliphatic carbocycles. The van der Waals surface area contributed by atoms with Crippen LogP contribution in [-0.4, -0.2) is 32.9 Å². The Kier molecular flexibility index (Phi) is 2.56. The van der Waals surface area contributed by atoms with Crippen molar-refractivity contribution in [2.45, 2.75) is 31.3 Å². The smallest absolute Gasteiger partial charge is 0.212 e. The molecule has 0 saturated carbocycles. The van der Waals surface area contributed by atoms with Crippen molar-refractivity contribution in [1.29, 1.82) is 0 Å². The molecule has 0 spiro atoms. The molecule has 6 heteroatoms. The first-order chi connectivity index (χ1) is 7.02. The number of rotatable bonds is 1. The highest BCUT2D eigenvalue weighted by Gasteiger charge is 2.26. The van der Waals surface area contributed by atoms with E-state index in [2.05, 4.69) is 36.1 Å². The average Bonchev–Trinajstić information content (AvgIpc) is 2.59. The van der Waals surface area contributed by atoms with Crippen molar-refractivity contribution >= 4 is 17.5 Å². The molecule has 0 radical (unpaired) electrons. The topological polar surface area (TPSA) is 69.1 Å². The Hall–Kier alpha value is -0.880. The van der Waals surface area contributed by atoms with E-state index in [1.165, 1.54) is 0 Å². The Morgan fingerprint density at radius 2 is 2.13 bits per heavy atom. The third-order valence-corrected chi connectivity index (χ3v) is 3.12. The number of fused-ring (bicyclic) bond motifs is 1. The van der Waals surface area contributed by atoms with E-state index in [0.29, 0.717) is 6.54 Å². The van der Waals surface area contributed by atoms with Gasteiger partial charge in [-0.3, -0.25) is 0 Å². The average molecular weight is 225 g/mol. The van der Waals surface area contributed by atoms with Crippen molar-refractivity contribution in [2.75, 3.05) is 12.3 Å². The summed E-state index contributed by atoms with van der Waals surface area (Å²) in [5, 5.41) is 13.6. The highest BCUT2D eigenvalue weighted by atomic mass is 32.2. The maximum Gasteiger partial charge on any atom is 0.212 e. The molecule has 2 rings (SSSR count). The molecule has 0 bridgehead atoms. The summed E-state index contributed by atoms with van der Waals surface area (Å²) in [4.78, 5) is 0. The van der Waals surface area contributed by atoms with Gasteiger partial charge in [-0.1, -0.05) is 32.5 Å². The number of nitrogens with zero attached hydrogens (tertiary/aromatic N) is 4. The van der Waals surface area contributed by atoms with Crippen molar-refractivity contribution < 1.29 is 0 Å². The predicted molar refractivity (Wildman–Crippen MR) is 61.3 cm³/mol. The Morgan fingerprint density at radius 1 is 1.40 bits per heavy atom. The van der Waals surface area contributed by atoms with Crippen LogP contribution in [0.3, 0.4) is 0 Å². The lowest BCUT2D eigenvalue weighted by Crippen LogP contribution is -2.24. The minimum Gasteiger partial charge on any atom is -0.325 e. The van der Waals surface area contributed by atoms with Gasteiger partial charge in [-0.05, 0) is 0 Å². The van der Waals surface area contributed by atoms with Gasteiger partial charge in [-0.15, -0.1) is 10.2 Å². The van der Waals surface area contributed by atoms with Crippen molar-refractivity contribution in [3.63, 3.8) is 0 Å². The Bertz CT molecular complexity index is 401. The summed E-state index contributed by atoms with van der Waals surface area (Å²) in [6, 6.07) is 0. The first kappa shape index (κ1) is 10.6. The monoisotopic (exact) mass is 225 g/mol. The number of hydrogen-bond donors (Lipinski definition) is 1. The molecule has 0 fully saturated rings. The molecular weight excluding hydrogens is 210 g/mol. The van der Waals surface area contributed by atoms with Crippen molar-refractivity contribution in [1.82, 2.24) is 14.9 Å². The molecule has 0 unspecified atom stereocenters. The second-order valence-electron chi connectivity index (χ2n) is 4.53. The highest BCUT2D eigenvalue weighted by molar-refractivity contribution is 7.99. The second-order valence-corrected chi connectivity index (χ2v) is 5.47. The molecule has 5 nitrogen and oxygen atoms in total. The second kappa shape index (κ2) is 3.61. The standard InChI is InChI=1S/C9H15N5S/c1-9(2,3)7-11-12-8-14(7)13-6(4-10)5-15-8/h4-5,10H2,1-3H3. The normalized spacial score (nSPS) is 16.1. The highest BCUT2D eigenvalue weighted by Crippen LogP contribution is 2.27. The first-order valence-electron chi connectivity index (χ1n) is 4.88. The van der Waals surface area contributed by atoms with E-state index in [1.54, 1.807) is 11.8 Å². The first-order valence-corrected chi connectivity index (χ1v) is 5.86. The summed E-state index contributed by atoms with van der Waals surface area (Å²) >= 11 is 1.64. The van der Waals surface area contributed by atoms with Gasteiger partial charge in [0, 0.05) is 17.7 Å². The summed E-state index contributed by atoms with van der Waals surface area (Å²) in [6.45, 7) is 6.79.